The first-order chi connectivity index (χ1) is 11.8. The molecule has 0 aliphatic heterocycles. The van der Waals surface area contributed by atoms with Crippen LogP contribution in [0.1, 0.15) is 32.3 Å². The second-order valence-corrected chi connectivity index (χ2v) is 6.90. The topological polar surface area (TPSA) is 49.4 Å². The number of hydrogen-bond acceptors (Lipinski definition) is 2. The van der Waals surface area contributed by atoms with Crippen LogP contribution in [0, 0.1) is 0 Å². The number of hydrogen-bond donors (Lipinski definition) is 1. The van der Waals surface area contributed by atoms with Gasteiger partial charge in [-0.25, -0.2) is 0 Å². The van der Waals surface area contributed by atoms with Crippen molar-refractivity contribution in [2.24, 2.45) is 0 Å². The van der Waals surface area contributed by atoms with Crippen LogP contribution in [0.4, 0.5) is 11.4 Å². The zero-order valence-corrected chi connectivity index (χ0v) is 15.9. The molecule has 25 heavy (non-hydrogen) atoms. The summed E-state index contributed by atoms with van der Waals surface area (Å²) < 4.78 is 0. The van der Waals surface area contributed by atoms with Crippen molar-refractivity contribution in [2.75, 3.05) is 16.8 Å². The van der Waals surface area contributed by atoms with Crippen LogP contribution in [-0.2, 0) is 9.59 Å². The Morgan fingerprint density at radius 3 is 2.24 bits per heavy atom. The number of para-hydroxylation sites is 1. The van der Waals surface area contributed by atoms with E-state index in [2.05, 4.69) is 5.32 Å². The molecule has 0 unspecified atom stereocenters. The number of amides is 2. The summed E-state index contributed by atoms with van der Waals surface area (Å²) in [7, 11) is 0. The zero-order valence-electron chi connectivity index (χ0n) is 14.3. The highest BCUT2D eigenvalue weighted by molar-refractivity contribution is 6.35. The summed E-state index contributed by atoms with van der Waals surface area (Å²) in [4.78, 5) is 26.0. The molecule has 0 saturated heterocycles. The van der Waals surface area contributed by atoms with Crippen molar-refractivity contribution in [1.29, 1.82) is 0 Å². The number of benzene rings is 2. The molecule has 2 rings (SSSR count). The summed E-state index contributed by atoms with van der Waals surface area (Å²) in [5.41, 5.74) is 2.24. The van der Waals surface area contributed by atoms with Crippen molar-refractivity contribution in [2.45, 2.75) is 26.7 Å². The van der Waals surface area contributed by atoms with E-state index in [1.165, 1.54) is 11.8 Å². The zero-order chi connectivity index (χ0) is 18.6. The summed E-state index contributed by atoms with van der Waals surface area (Å²) in [5, 5.41) is 3.58. The molecule has 0 spiro atoms. The first-order valence-corrected chi connectivity index (χ1v) is 8.66. The van der Waals surface area contributed by atoms with Gasteiger partial charge >= 0.3 is 0 Å². The van der Waals surface area contributed by atoms with Gasteiger partial charge in [-0.15, -0.1) is 0 Å². The number of halogens is 2. The minimum Gasteiger partial charge on any atom is -0.324 e. The van der Waals surface area contributed by atoms with Gasteiger partial charge in [-0.3, -0.25) is 9.59 Å². The molecule has 4 nitrogen and oxygen atoms in total. The fourth-order valence-electron chi connectivity index (χ4n) is 2.56. The van der Waals surface area contributed by atoms with E-state index in [0.29, 0.717) is 15.7 Å². The Morgan fingerprint density at radius 1 is 1.08 bits per heavy atom. The van der Waals surface area contributed by atoms with Gasteiger partial charge in [0.25, 0.3) is 0 Å². The number of anilines is 2. The summed E-state index contributed by atoms with van der Waals surface area (Å²) in [5.74, 6) is -0.299. The van der Waals surface area contributed by atoms with Gasteiger partial charge in [0.05, 0.1) is 0 Å². The van der Waals surface area contributed by atoms with E-state index in [1.807, 2.05) is 38.1 Å². The van der Waals surface area contributed by atoms with Crippen molar-refractivity contribution in [3.05, 3.63) is 58.1 Å². The van der Waals surface area contributed by atoms with Gasteiger partial charge in [-0.2, -0.15) is 0 Å². The molecule has 0 aliphatic rings. The average molecular weight is 379 g/mol. The van der Waals surface area contributed by atoms with Crippen LogP contribution in [0.5, 0.6) is 0 Å². The van der Waals surface area contributed by atoms with E-state index in [-0.39, 0.29) is 24.3 Å². The fraction of sp³-hybridized carbons (Fsp3) is 0.263. The third-order valence-electron chi connectivity index (χ3n) is 3.68. The van der Waals surface area contributed by atoms with Crippen LogP contribution in [0.25, 0.3) is 0 Å². The summed E-state index contributed by atoms with van der Waals surface area (Å²) in [6.45, 7) is 5.44. The predicted octanol–water partition coefficient (Wildman–Crippen LogP) is 5.11. The number of rotatable bonds is 5. The monoisotopic (exact) mass is 378 g/mol. The van der Waals surface area contributed by atoms with E-state index in [0.717, 1.165) is 11.3 Å². The van der Waals surface area contributed by atoms with Gasteiger partial charge in [0.2, 0.25) is 11.8 Å². The second-order valence-electron chi connectivity index (χ2n) is 6.02. The molecule has 0 atom stereocenters. The van der Waals surface area contributed by atoms with E-state index in [9.17, 15) is 9.59 Å². The maximum Gasteiger partial charge on any atom is 0.244 e. The lowest BCUT2D eigenvalue weighted by Crippen LogP contribution is -2.37. The number of nitrogens with zero attached hydrogens (tertiary/aromatic N) is 1. The predicted molar refractivity (Wildman–Crippen MR) is 104 cm³/mol. The molecule has 2 amide bonds. The lowest BCUT2D eigenvalue weighted by molar-refractivity contribution is -0.120. The highest BCUT2D eigenvalue weighted by Crippen LogP contribution is 2.28. The normalized spacial score (nSPS) is 10.6. The largest absolute Gasteiger partial charge is 0.324 e. The van der Waals surface area contributed by atoms with Gasteiger partial charge in [0, 0.05) is 28.3 Å². The Bertz CT molecular complexity index is 770. The second kappa shape index (κ2) is 8.37. The van der Waals surface area contributed by atoms with Crippen molar-refractivity contribution in [3.8, 4) is 0 Å². The van der Waals surface area contributed by atoms with Gasteiger partial charge in [-0.05, 0) is 35.7 Å². The Kier molecular flexibility index (Phi) is 6.45. The first kappa shape index (κ1) is 19.3. The maximum absolute atomic E-state index is 12.4. The summed E-state index contributed by atoms with van der Waals surface area (Å²) in [6, 6.07) is 12.4. The third kappa shape index (κ3) is 5.21. The minimum atomic E-state index is -0.327. The molecule has 0 radical (unpaired) electrons. The molecule has 2 aromatic carbocycles. The van der Waals surface area contributed by atoms with Crippen LogP contribution in [0.3, 0.4) is 0 Å². The fourth-order valence-corrected chi connectivity index (χ4v) is 3.08. The van der Waals surface area contributed by atoms with E-state index >= 15 is 0 Å². The summed E-state index contributed by atoms with van der Waals surface area (Å²) in [6.07, 6.45) is 0. The Morgan fingerprint density at radius 2 is 1.68 bits per heavy atom. The Labute approximate surface area is 157 Å². The van der Waals surface area contributed by atoms with E-state index < -0.39 is 0 Å². The smallest absolute Gasteiger partial charge is 0.244 e. The lowest BCUT2D eigenvalue weighted by atomic mass is 10.0. The Hall–Kier alpha value is -2.04. The highest BCUT2D eigenvalue weighted by atomic mass is 35.5. The van der Waals surface area contributed by atoms with Crippen molar-refractivity contribution in [1.82, 2.24) is 0 Å². The quantitative estimate of drug-likeness (QED) is 0.785. The molecule has 0 heterocycles. The van der Waals surface area contributed by atoms with Crippen LogP contribution in [0.2, 0.25) is 10.0 Å². The molecule has 2 aromatic rings. The minimum absolute atomic E-state index is 0.0940. The van der Waals surface area contributed by atoms with Crippen LogP contribution in [-0.4, -0.2) is 18.4 Å². The van der Waals surface area contributed by atoms with Crippen LogP contribution >= 0.6 is 23.2 Å². The van der Waals surface area contributed by atoms with Crippen LogP contribution in [0.15, 0.2) is 42.5 Å². The molecule has 1 N–H and O–H groups in total. The molecular formula is C19H20Cl2N2O2. The Balaban J connectivity index is 2.22. The van der Waals surface area contributed by atoms with Gasteiger partial charge in [-0.1, -0.05) is 55.2 Å². The number of carbonyl (C=O) groups is 2. The number of carbonyl (C=O) groups excluding carboxylic acids is 2. The average Bonchev–Trinajstić information content (AvgIpc) is 2.51. The lowest BCUT2D eigenvalue weighted by Gasteiger charge is -2.25. The molecule has 0 bridgehead atoms. The molecule has 0 fully saturated rings. The molecule has 0 aromatic heterocycles. The molecular weight excluding hydrogens is 359 g/mol. The molecule has 0 saturated carbocycles. The van der Waals surface area contributed by atoms with Gasteiger partial charge in [0.15, 0.2) is 0 Å². The molecule has 6 heteroatoms. The maximum atomic E-state index is 12.4. The SMILES string of the molecule is CC(=O)N(CC(=O)Nc1cc(Cl)cc(Cl)c1)c1ccccc1C(C)C. The van der Waals surface area contributed by atoms with E-state index in [4.69, 9.17) is 23.2 Å². The molecule has 0 aliphatic carbocycles. The van der Waals surface area contributed by atoms with Gasteiger partial charge in [0.1, 0.15) is 6.54 Å². The van der Waals surface area contributed by atoms with Crippen molar-refractivity contribution in [3.63, 3.8) is 0 Å². The summed E-state index contributed by atoms with van der Waals surface area (Å²) >= 11 is 11.9. The van der Waals surface area contributed by atoms with Gasteiger partial charge < -0.3 is 10.2 Å². The standard InChI is InChI=1S/C19H20Cl2N2O2/c1-12(2)17-6-4-5-7-18(17)23(13(3)24)11-19(25)22-16-9-14(20)8-15(21)10-16/h4-10,12H,11H2,1-3H3,(H,22,25). The first-order valence-electron chi connectivity index (χ1n) is 7.91. The van der Waals surface area contributed by atoms with E-state index in [1.54, 1.807) is 18.2 Å². The van der Waals surface area contributed by atoms with Crippen molar-refractivity contribution >= 4 is 46.4 Å². The van der Waals surface area contributed by atoms with Crippen LogP contribution < -0.4 is 10.2 Å². The molecule has 132 valence electrons. The number of nitrogens with one attached hydrogen (secondary N) is 1. The van der Waals surface area contributed by atoms with Crippen molar-refractivity contribution < 1.29 is 9.59 Å². The highest BCUT2D eigenvalue weighted by Gasteiger charge is 2.19. The third-order valence-corrected chi connectivity index (χ3v) is 4.11.